The summed E-state index contributed by atoms with van der Waals surface area (Å²) in [6, 6.07) is 4.09. The third-order valence-electron chi connectivity index (χ3n) is 2.34. The van der Waals surface area contributed by atoms with E-state index in [0.29, 0.717) is 4.47 Å². The van der Waals surface area contributed by atoms with Crippen molar-refractivity contribution in [3.63, 3.8) is 0 Å². The predicted octanol–water partition coefficient (Wildman–Crippen LogP) is 3.36. The minimum absolute atomic E-state index is 0.0353. The van der Waals surface area contributed by atoms with Crippen LogP contribution >= 0.6 is 39.1 Å². The largest absolute Gasteiger partial charge is 0.494 e. The quantitative estimate of drug-likeness (QED) is 0.778. The van der Waals surface area contributed by atoms with Crippen molar-refractivity contribution in [1.29, 1.82) is 0 Å². The number of ether oxygens (including phenoxy) is 1. The zero-order valence-corrected chi connectivity index (χ0v) is 14.4. The van der Waals surface area contributed by atoms with E-state index in [1.54, 1.807) is 0 Å². The molecule has 0 bridgehead atoms. The van der Waals surface area contributed by atoms with E-state index in [4.69, 9.17) is 27.9 Å². The molecule has 21 heavy (non-hydrogen) atoms. The molecular formula is C11H8BrCl2N3O3S. The van der Waals surface area contributed by atoms with E-state index < -0.39 is 10.0 Å². The number of benzene rings is 1. The summed E-state index contributed by atoms with van der Waals surface area (Å²) in [5, 5.41) is 0.353. The first-order valence-corrected chi connectivity index (χ1v) is 8.40. The van der Waals surface area contributed by atoms with Gasteiger partial charge in [-0.1, -0.05) is 23.2 Å². The second-order valence-electron chi connectivity index (χ2n) is 3.75. The first-order chi connectivity index (χ1) is 9.83. The topological polar surface area (TPSA) is 81.2 Å². The number of sulfonamides is 1. The maximum Gasteiger partial charge on any atom is 0.266 e. The monoisotopic (exact) mass is 411 g/mol. The molecule has 1 heterocycles. The third-order valence-corrected chi connectivity index (χ3v) is 4.71. The van der Waals surface area contributed by atoms with Crippen molar-refractivity contribution in [3.8, 4) is 5.75 Å². The van der Waals surface area contributed by atoms with Crippen LogP contribution in [0.5, 0.6) is 5.75 Å². The lowest BCUT2D eigenvalue weighted by Gasteiger charge is -2.13. The molecule has 0 fully saturated rings. The number of methoxy groups -OCH3 is 1. The fraction of sp³-hybridized carbons (Fsp3) is 0.0909. The Morgan fingerprint density at radius 3 is 2.57 bits per heavy atom. The van der Waals surface area contributed by atoms with Crippen LogP contribution in [0, 0.1) is 0 Å². The second-order valence-corrected chi connectivity index (χ2v) is 7.08. The van der Waals surface area contributed by atoms with E-state index in [0.717, 1.165) is 6.33 Å². The van der Waals surface area contributed by atoms with Crippen LogP contribution < -0.4 is 9.46 Å². The predicted molar refractivity (Wildman–Crippen MR) is 83.6 cm³/mol. The van der Waals surface area contributed by atoms with E-state index in [-0.39, 0.29) is 26.6 Å². The van der Waals surface area contributed by atoms with Gasteiger partial charge in [-0.2, -0.15) is 0 Å². The molecule has 1 aromatic heterocycles. The summed E-state index contributed by atoms with van der Waals surface area (Å²) in [5.74, 6) is 0.167. The molecule has 0 radical (unpaired) electrons. The highest BCUT2D eigenvalue weighted by molar-refractivity contribution is 9.10. The molecule has 0 spiro atoms. The van der Waals surface area contributed by atoms with Crippen LogP contribution in [0.25, 0.3) is 0 Å². The summed E-state index contributed by atoms with van der Waals surface area (Å²) >= 11 is 14.8. The number of nitrogens with zero attached hydrogens (tertiary/aromatic N) is 2. The van der Waals surface area contributed by atoms with Gasteiger partial charge in [0, 0.05) is 11.1 Å². The molecular weight excluding hydrogens is 405 g/mol. The lowest BCUT2D eigenvalue weighted by Crippen LogP contribution is -2.15. The van der Waals surface area contributed by atoms with Crippen LogP contribution in [0.2, 0.25) is 10.2 Å². The average Bonchev–Trinajstić information content (AvgIpc) is 2.37. The number of anilines is 1. The van der Waals surface area contributed by atoms with E-state index in [1.165, 1.54) is 25.3 Å². The van der Waals surface area contributed by atoms with Crippen molar-refractivity contribution in [1.82, 2.24) is 9.97 Å². The third kappa shape index (κ3) is 3.76. The molecule has 2 aromatic rings. The lowest BCUT2D eigenvalue weighted by atomic mass is 10.3. The molecule has 0 unspecified atom stereocenters. The summed E-state index contributed by atoms with van der Waals surface area (Å²) in [6.45, 7) is 0. The molecule has 0 saturated carbocycles. The minimum Gasteiger partial charge on any atom is -0.494 e. The summed E-state index contributed by atoms with van der Waals surface area (Å²) in [4.78, 5) is 7.32. The molecule has 0 aliphatic carbocycles. The standard InChI is InChI=1S/C11H8BrCl2N3O3S/c1-20-11-7(12)2-6(13)3-8(11)21(18,19)17-10-4-9(14)15-5-16-10/h2-5H,1H3,(H,15,16,17). The lowest BCUT2D eigenvalue weighted by molar-refractivity contribution is 0.400. The second kappa shape index (κ2) is 6.35. The van der Waals surface area contributed by atoms with Crippen molar-refractivity contribution < 1.29 is 13.2 Å². The van der Waals surface area contributed by atoms with Gasteiger partial charge in [0.25, 0.3) is 10.0 Å². The average molecular weight is 413 g/mol. The number of rotatable bonds is 4. The highest BCUT2D eigenvalue weighted by Crippen LogP contribution is 2.36. The number of hydrogen-bond acceptors (Lipinski definition) is 5. The number of halogens is 3. The molecule has 1 aromatic carbocycles. The molecule has 112 valence electrons. The van der Waals surface area contributed by atoms with E-state index in [2.05, 4.69) is 30.6 Å². The van der Waals surface area contributed by atoms with Crippen LogP contribution in [-0.2, 0) is 10.0 Å². The highest BCUT2D eigenvalue weighted by atomic mass is 79.9. The number of hydrogen-bond donors (Lipinski definition) is 1. The van der Waals surface area contributed by atoms with Crippen LogP contribution in [0.15, 0.2) is 33.9 Å². The molecule has 10 heteroatoms. The Hall–Kier alpha value is -1.09. The van der Waals surface area contributed by atoms with E-state index in [1.807, 2.05) is 0 Å². The Bertz CT molecular complexity index is 786. The first kappa shape index (κ1) is 16.3. The van der Waals surface area contributed by atoms with Crippen molar-refractivity contribution in [2.75, 3.05) is 11.8 Å². The van der Waals surface area contributed by atoms with Crippen LogP contribution in [0.1, 0.15) is 0 Å². The molecule has 6 nitrogen and oxygen atoms in total. The van der Waals surface area contributed by atoms with Gasteiger partial charge in [0.1, 0.15) is 22.2 Å². The Balaban J connectivity index is 2.49. The van der Waals surface area contributed by atoms with Crippen molar-refractivity contribution >= 4 is 55.0 Å². The Labute approximate surface area is 139 Å². The normalized spacial score (nSPS) is 11.2. The van der Waals surface area contributed by atoms with Crippen LogP contribution in [0.3, 0.4) is 0 Å². The summed E-state index contributed by atoms with van der Waals surface area (Å²) in [7, 11) is -2.60. The number of aromatic nitrogens is 2. The number of nitrogens with one attached hydrogen (secondary N) is 1. The molecule has 0 aliphatic heterocycles. The SMILES string of the molecule is COc1c(Br)cc(Cl)cc1S(=O)(=O)Nc1cc(Cl)ncn1. The zero-order valence-electron chi connectivity index (χ0n) is 10.5. The fourth-order valence-electron chi connectivity index (χ4n) is 1.52. The highest BCUT2D eigenvalue weighted by Gasteiger charge is 2.23. The molecule has 1 N–H and O–H groups in total. The maximum atomic E-state index is 12.4. The van der Waals surface area contributed by atoms with Crippen molar-refractivity contribution in [2.24, 2.45) is 0 Å². The van der Waals surface area contributed by atoms with E-state index >= 15 is 0 Å². The maximum absolute atomic E-state index is 12.4. The Morgan fingerprint density at radius 1 is 1.24 bits per heavy atom. The minimum atomic E-state index is -3.96. The molecule has 0 saturated heterocycles. The van der Waals surface area contributed by atoms with Gasteiger partial charge in [0.15, 0.2) is 5.75 Å². The molecule has 2 rings (SSSR count). The van der Waals surface area contributed by atoms with Gasteiger partial charge in [0.05, 0.1) is 11.6 Å². The molecule has 0 atom stereocenters. The van der Waals surface area contributed by atoms with Gasteiger partial charge in [-0.15, -0.1) is 0 Å². The van der Waals surface area contributed by atoms with Gasteiger partial charge in [-0.05, 0) is 28.1 Å². The fourth-order valence-corrected chi connectivity index (χ4v) is 4.05. The van der Waals surface area contributed by atoms with Crippen LogP contribution in [0.4, 0.5) is 5.82 Å². The van der Waals surface area contributed by atoms with Crippen molar-refractivity contribution in [3.05, 3.63) is 39.2 Å². The van der Waals surface area contributed by atoms with Gasteiger partial charge in [-0.3, -0.25) is 4.72 Å². The summed E-state index contributed by atoms with van der Waals surface area (Å²) < 4.78 is 32.6. The smallest absolute Gasteiger partial charge is 0.266 e. The van der Waals surface area contributed by atoms with Gasteiger partial charge in [0.2, 0.25) is 0 Å². The Kier molecular flexibility index (Phi) is 4.92. The van der Waals surface area contributed by atoms with Crippen molar-refractivity contribution in [2.45, 2.75) is 4.90 Å². The molecule has 0 aliphatic rings. The van der Waals surface area contributed by atoms with Gasteiger partial charge < -0.3 is 4.74 Å². The van der Waals surface area contributed by atoms with Gasteiger partial charge >= 0.3 is 0 Å². The van der Waals surface area contributed by atoms with E-state index in [9.17, 15) is 8.42 Å². The summed E-state index contributed by atoms with van der Waals surface area (Å²) in [6.07, 6.45) is 1.14. The van der Waals surface area contributed by atoms with Crippen LogP contribution in [-0.4, -0.2) is 25.5 Å². The zero-order chi connectivity index (χ0) is 15.6. The summed E-state index contributed by atoms with van der Waals surface area (Å²) in [5.41, 5.74) is 0. The first-order valence-electron chi connectivity index (χ1n) is 5.37. The van der Waals surface area contributed by atoms with Gasteiger partial charge in [-0.25, -0.2) is 18.4 Å². The Morgan fingerprint density at radius 2 is 1.95 bits per heavy atom. The molecule has 0 amide bonds.